The maximum Gasteiger partial charge on any atom is 0.230 e. The predicted molar refractivity (Wildman–Crippen MR) is 126 cm³/mol. The molecule has 0 aliphatic rings. The van der Waals surface area contributed by atoms with Crippen molar-refractivity contribution in [2.45, 2.75) is 31.5 Å². The molecule has 4 rings (SSSR count). The lowest BCUT2D eigenvalue weighted by atomic mass is 10.2. The number of para-hydroxylation sites is 1. The Balaban J connectivity index is 1.47. The third kappa shape index (κ3) is 5.21. The summed E-state index contributed by atoms with van der Waals surface area (Å²) in [6, 6.07) is 19.9. The Morgan fingerprint density at radius 1 is 1.06 bits per heavy atom. The highest BCUT2D eigenvalue weighted by molar-refractivity contribution is 7.99. The molecular formula is C23H23N5OS2. The van der Waals surface area contributed by atoms with Crippen molar-refractivity contribution in [3.8, 4) is 17.1 Å². The molecule has 2 aromatic heterocycles. The second-order valence-corrected chi connectivity index (χ2v) is 9.07. The molecule has 8 heteroatoms. The SMILES string of the molecule is CC(C)c1nc(CNC(=O)CSc2nnc(-c3ccccc3)n2-c2ccccc2)cs1. The van der Waals surface area contributed by atoms with Crippen LogP contribution in [0.2, 0.25) is 0 Å². The Bertz CT molecular complexity index is 1140. The van der Waals surface area contributed by atoms with Gasteiger partial charge < -0.3 is 5.32 Å². The molecule has 0 unspecified atom stereocenters. The molecule has 0 atom stereocenters. The molecule has 0 fully saturated rings. The van der Waals surface area contributed by atoms with Gasteiger partial charge in [0.05, 0.1) is 23.0 Å². The quantitative estimate of drug-likeness (QED) is 0.387. The van der Waals surface area contributed by atoms with Gasteiger partial charge in [-0.3, -0.25) is 9.36 Å². The molecule has 0 spiro atoms. The van der Waals surface area contributed by atoms with E-state index in [1.54, 1.807) is 11.3 Å². The maximum atomic E-state index is 12.4. The summed E-state index contributed by atoms with van der Waals surface area (Å²) in [6.07, 6.45) is 0. The van der Waals surface area contributed by atoms with Crippen LogP contribution in [0.5, 0.6) is 0 Å². The van der Waals surface area contributed by atoms with Crippen LogP contribution in [0.1, 0.15) is 30.5 Å². The van der Waals surface area contributed by atoms with Crippen LogP contribution < -0.4 is 5.32 Å². The van der Waals surface area contributed by atoms with E-state index in [0.717, 1.165) is 27.8 Å². The van der Waals surface area contributed by atoms with Crippen LogP contribution in [0.25, 0.3) is 17.1 Å². The summed E-state index contributed by atoms with van der Waals surface area (Å²) >= 11 is 3.00. The molecular weight excluding hydrogens is 426 g/mol. The number of aromatic nitrogens is 4. The van der Waals surface area contributed by atoms with Crippen LogP contribution >= 0.6 is 23.1 Å². The van der Waals surface area contributed by atoms with Gasteiger partial charge in [0.2, 0.25) is 5.91 Å². The zero-order valence-electron chi connectivity index (χ0n) is 17.4. The monoisotopic (exact) mass is 449 g/mol. The van der Waals surface area contributed by atoms with Crippen molar-refractivity contribution in [1.29, 1.82) is 0 Å². The average molecular weight is 450 g/mol. The molecule has 2 aromatic carbocycles. The number of thiazole rings is 1. The van der Waals surface area contributed by atoms with Gasteiger partial charge in [0.25, 0.3) is 0 Å². The Hall–Kier alpha value is -2.97. The van der Waals surface area contributed by atoms with Gasteiger partial charge in [-0.1, -0.05) is 74.1 Å². The van der Waals surface area contributed by atoms with Gasteiger partial charge in [0.1, 0.15) is 0 Å². The van der Waals surface area contributed by atoms with E-state index in [2.05, 4.69) is 34.3 Å². The first-order valence-electron chi connectivity index (χ1n) is 10.0. The molecule has 6 nitrogen and oxygen atoms in total. The lowest BCUT2D eigenvalue weighted by Crippen LogP contribution is -2.25. The van der Waals surface area contributed by atoms with Crippen molar-refractivity contribution < 1.29 is 4.79 Å². The molecule has 0 aliphatic heterocycles. The zero-order chi connectivity index (χ0) is 21.6. The van der Waals surface area contributed by atoms with E-state index in [1.807, 2.05) is 70.6 Å². The standard InChI is InChI=1S/C23H23N5OS2/c1-16(2)22-25-18(14-30-22)13-24-20(29)15-31-23-27-26-21(17-9-5-3-6-10-17)28(23)19-11-7-4-8-12-19/h3-12,14,16H,13,15H2,1-2H3,(H,24,29). The minimum atomic E-state index is -0.0621. The van der Waals surface area contributed by atoms with E-state index in [1.165, 1.54) is 11.8 Å². The normalized spacial score (nSPS) is 11.1. The summed E-state index contributed by atoms with van der Waals surface area (Å²) in [5, 5.41) is 15.5. The van der Waals surface area contributed by atoms with Crippen LogP contribution in [0.15, 0.2) is 71.2 Å². The molecule has 0 aliphatic carbocycles. The number of carbonyl (C=O) groups is 1. The Labute approximate surface area is 189 Å². The summed E-state index contributed by atoms with van der Waals surface area (Å²) in [5.41, 5.74) is 2.82. The lowest BCUT2D eigenvalue weighted by molar-refractivity contribution is -0.118. The molecule has 0 radical (unpaired) electrons. The predicted octanol–water partition coefficient (Wildman–Crippen LogP) is 4.92. The number of thioether (sulfide) groups is 1. The number of carbonyl (C=O) groups excluding carboxylic acids is 1. The van der Waals surface area contributed by atoms with Gasteiger partial charge in [-0.15, -0.1) is 21.5 Å². The van der Waals surface area contributed by atoms with Gasteiger partial charge in [0.15, 0.2) is 11.0 Å². The first-order chi connectivity index (χ1) is 15.1. The summed E-state index contributed by atoms with van der Waals surface area (Å²) in [5.74, 6) is 1.33. The van der Waals surface area contributed by atoms with Crippen LogP contribution in [-0.4, -0.2) is 31.4 Å². The number of hydrogen-bond acceptors (Lipinski definition) is 6. The maximum absolute atomic E-state index is 12.4. The highest BCUT2D eigenvalue weighted by Crippen LogP contribution is 2.27. The van der Waals surface area contributed by atoms with Crippen LogP contribution in [-0.2, 0) is 11.3 Å². The molecule has 2 heterocycles. The van der Waals surface area contributed by atoms with Gasteiger partial charge in [0, 0.05) is 22.5 Å². The fraction of sp³-hybridized carbons (Fsp3) is 0.217. The van der Waals surface area contributed by atoms with Gasteiger partial charge >= 0.3 is 0 Å². The van der Waals surface area contributed by atoms with Crippen molar-refractivity contribution in [2.24, 2.45) is 0 Å². The third-order valence-electron chi connectivity index (χ3n) is 4.54. The van der Waals surface area contributed by atoms with Crippen LogP contribution in [0, 0.1) is 0 Å². The van der Waals surface area contributed by atoms with Crippen molar-refractivity contribution in [3.63, 3.8) is 0 Å². The van der Waals surface area contributed by atoms with Gasteiger partial charge in [-0.2, -0.15) is 0 Å². The summed E-state index contributed by atoms with van der Waals surface area (Å²) in [6.45, 7) is 4.66. The van der Waals surface area contributed by atoms with Crippen molar-refractivity contribution in [1.82, 2.24) is 25.1 Å². The molecule has 0 saturated carbocycles. The smallest absolute Gasteiger partial charge is 0.230 e. The molecule has 31 heavy (non-hydrogen) atoms. The number of hydrogen-bond donors (Lipinski definition) is 1. The van der Waals surface area contributed by atoms with E-state index >= 15 is 0 Å². The van der Waals surface area contributed by atoms with Gasteiger partial charge in [-0.05, 0) is 12.1 Å². The van der Waals surface area contributed by atoms with Crippen LogP contribution in [0.3, 0.4) is 0 Å². The highest BCUT2D eigenvalue weighted by atomic mass is 32.2. The highest BCUT2D eigenvalue weighted by Gasteiger charge is 2.17. The first-order valence-corrected chi connectivity index (χ1v) is 11.9. The molecule has 0 bridgehead atoms. The second-order valence-electron chi connectivity index (χ2n) is 7.24. The minimum absolute atomic E-state index is 0.0621. The van der Waals surface area contributed by atoms with E-state index in [4.69, 9.17) is 0 Å². The summed E-state index contributed by atoms with van der Waals surface area (Å²) in [4.78, 5) is 17.0. The van der Waals surface area contributed by atoms with E-state index in [9.17, 15) is 4.79 Å². The number of nitrogens with one attached hydrogen (secondary N) is 1. The largest absolute Gasteiger partial charge is 0.350 e. The topological polar surface area (TPSA) is 72.7 Å². The summed E-state index contributed by atoms with van der Waals surface area (Å²) in [7, 11) is 0. The Kier molecular flexibility index (Phi) is 6.79. The average Bonchev–Trinajstić information content (AvgIpc) is 3.45. The van der Waals surface area contributed by atoms with Crippen molar-refractivity contribution in [3.05, 3.63) is 76.7 Å². The van der Waals surface area contributed by atoms with Crippen molar-refractivity contribution in [2.75, 3.05) is 5.75 Å². The van der Waals surface area contributed by atoms with Crippen molar-refractivity contribution >= 4 is 29.0 Å². The minimum Gasteiger partial charge on any atom is -0.350 e. The van der Waals surface area contributed by atoms with Crippen LogP contribution in [0.4, 0.5) is 0 Å². The summed E-state index contributed by atoms with van der Waals surface area (Å²) < 4.78 is 1.99. The van der Waals surface area contributed by atoms with E-state index < -0.39 is 0 Å². The second kappa shape index (κ2) is 9.89. The number of rotatable bonds is 8. The lowest BCUT2D eigenvalue weighted by Gasteiger charge is -2.10. The number of benzene rings is 2. The number of amides is 1. The fourth-order valence-corrected chi connectivity index (χ4v) is 4.60. The van der Waals surface area contributed by atoms with Gasteiger partial charge in [-0.25, -0.2) is 4.98 Å². The molecule has 4 aromatic rings. The molecule has 0 saturated heterocycles. The van der Waals surface area contributed by atoms with E-state index in [-0.39, 0.29) is 11.7 Å². The zero-order valence-corrected chi connectivity index (χ0v) is 19.0. The first kappa shape index (κ1) is 21.3. The Morgan fingerprint density at radius 3 is 2.45 bits per heavy atom. The van der Waals surface area contributed by atoms with E-state index in [0.29, 0.717) is 17.6 Å². The third-order valence-corrected chi connectivity index (χ3v) is 6.67. The molecule has 1 N–H and O–H groups in total. The number of nitrogens with zero attached hydrogens (tertiary/aromatic N) is 4. The Morgan fingerprint density at radius 2 is 1.77 bits per heavy atom. The molecule has 1 amide bonds. The molecule has 158 valence electrons. The fourth-order valence-electron chi connectivity index (χ4n) is 2.99.